The molecule has 0 amide bonds. The van der Waals surface area contributed by atoms with Crippen LogP contribution in [0.2, 0.25) is 0 Å². The molecular formula is C42H66N4O8. The van der Waals surface area contributed by atoms with Gasteiger partial charge in [-0.3, -0.25) is 19.2 Å². The van der Waals surface area contributed by atoms with Gasteiger partial charge >= 0.3 is 23.9 Å². The van der Waals surface area contributed by atoms with Gasteiger partial charge in [0.2, 0.25) is 0 Å². The average Bonchev–Trinajstić information content (AvgIpc) is 3.06. The second-order valence-corrected chi connectivity index (χ2v) is 15.4. The van der Waals surface area contributed by atoms with Crippen LogP contribution in [0.3, 0.4) is 0 Å². The van der Waals surface area contributed by atoms with Crippen molar-refractivity contribution in [2.24, 2.45) is 11.8 Å². The van der Waals surface area contributed by atoms with Crippen molar-refractivity contribution in [1.82, 2.24) is 19.6 Å². The number of esters is 4. The third-order valence-electron chi connectivity index (χ3n) is 8.94. The first kappa shape index (κ1) is 46.3. The predicted molar refractivity (Wildman–Crippen MR) is 212 cm³/mol. The van der Waals surface area contributed by atoms with Gasteiger partial charge in [-0.2, -0.15) is 0 Å². The topological polar surface area (TPSA) is 118 Å². The molecule has 0 bridgehead atoms. The van der Waals surface area contributed by atoms with Crippen LogP contribution >= 0.6 is 0 Å². The molecule has 0 heterocycles. The fourth-order valence-electron chi connectivity index (χ4n) is 5.69. The minimum atomic E-state index is -0.378. The fourth-order valence-corrected chi connectivity index (χ4v) is 5.69. The summed E-state index contributed by atoms with van der Waals surface area (Å²) in [5.41, 5.74) is 1.89. The van der Waals surface area contributed by atoms with Crippen LogP contribution in [0.4, 0.5) is 0 Å². The van der Waals surface area contributed by atoms with E-state index in [9.17, 15) is 19.2 Å². The van der Waals surface area contributed by atoms with Gasteiger partial charge < -0.3 is 38.5 Å². The van der Waals surface area contributed by atoms with Crippen molar-refractivity contribution in [3.05, 3.63) is 47.5 Å². The summed E-state index contributed by atoms with van der Waals surface area (Å²) < 4.78 is 22.9. The Hall–Kier alpha value is -3.84. The Labute approximate surface area is 324 Å². The Morgan fingerprint density at radius 3 is 0.963 bits per heavy atom. The molecule has 0 radical (unpaired) electrons. The molecular weight excluding hydrogens is 688 g/mol. The van der Waals surface area contributed by atoms with Crippen LogP contribution in [0.25, 0.3) is 0 Å². The zero-order valence-corrected chi connectivity index (χ0v) is 34.6. The Kier molecular flexibility index (Phi) is 21.1. The minimum absolute atomic E-state index is 0.194. The van der Waals surface area contributed by atoms with Gasteiger partial charge in [-0.15, -0.1) is 0 Å². The number of nitrogens with zero attached hydrogens (tertiary/aromatic N) is 4. The molecule has 2 atom stereocenters. The maximum atomic E-state index is 12.8. The van der Waals surface area contributed by atoms with E-state index in [1.54, 1.807) is 24.3 Å². The molecule has 12 heteroatoms. The zero-order chi connectivity index (χ0) is 40.2. The molecule has 2 aromatic carbocycles. The average molecular weight is 755 g/mol. The highest BCUT2D eigenvalue weighted by atomic mass is 16.6. The van der Waals surface area contributed by atoms with E-state index in [0.29, 0.717) is 38.5 Å². The zero-order valence-electron chi connectivity index (χ0n) is 34.6. The summed E-state index contributed by atoms with van der Waals surface area (Å²) in [6, 6.07) is 10.8. The number of hydrogen-bond donors (Lipinski definition) is 0. The van der Waals surface area contributed by atoms with E-state index in [0.717, 1.165) is 37.3 Å². The van der Waals surface area contributed by atoms with Crippen molar-refractivity contribution in [2.75, 3.05) is 82.6 Å². The van der Waals surface area contributed by atoms with Gasteiger partial charge in [-0.05, 0) is 168 Å². The van der Waals surface area contributed by atoms with Crippen molar-refractivity contribution in [3.8, 4) is 23.0 Å². The molecule has 2 aromatic rings. The Balaban J connectivity index is 2.21. The molecule has 302 valence electrons. The van der Waals surface area contributed by atoms with Crippen LogP contribution in [-0.4, -0.2) is 126 Å². The van der Waals surface area contributed by atoms with Crippen LogP contribution in [0.1, 0.15) is 76.3 Å². The van der Waals surface area contributed by atoms with Crippen molar-refractivity contribution >= 4 is 23.9 Å². The highest BCUT2D eigenvalue weighted by Crippen LogP contribution is 2.34. The molecule has 0 spiro atoms. The molecule has 12 nitrogen and oxygen atoms in total. The van der Waals surface area contributed by atoms with E-state index in [4.69, 9.17) is 18.9 Å². The molecule has 0 saturated carbocycles. The van der Waals surface area contributed by atoms with Gasteiger partial charge in [0.25, 0.3) is 0 Å². The van der Waals surface area contributed by atoms with Gasteiger partial charge in [0.1, 0.15) is 0 Å². The first-order valence-corrected chi connectivity index (χ1v) is 19.2. The number of hydrogen-bond acceptors (Lipinski definition) is 12. The Bertz CT molecular complexity index is 1370. The molecule has 0 aliphatic carbocycles. The number of carbonyl (C=O) groups excluding carboxylic acids is 4. The number of carbonyl (C=O) groups is 4. The lowest BCUT2D eigenvalue weighted by molar-refractivity contribution is -0.137. The van der Waals surface area contributed by atoms with Crippen molar-refractivity contribution in [2.45, 2.75) is 78.1 Å². The summed E-state index contributed by atoms with van der Waals surface area (Å²) in [7, 11) is 15.6. The summed E-state index contributed by atoms with van der Waals surface area (Å²) in [6.07, 6.45) is 4.97. The molecule has 0 N–H and O–H groups in total. The minimum Gasteiger partial charge on any atom is -0.423 e. The fraction of sp³-hybridized carbons (Fsp3) is 0.619. The third-order valence-corrected chi connectivity index (χ3v) is 8.94. The highest BCUT2D eigenvalue weighted by molar-refractivity contribution is 5.77. The summed E-state index contributed by atoms with van der Waals surface area (Å²) in [5, 5.41) is 0. The molecule has 0 aliphatic heterocycles. The lowest BCUT2D eigenvalue weighted by atomic mass is 9.85. The molecule has 2 rings (SSSR count). The smallest absolute Gasteiger partial charge is 0.311 e. The van der Waals surface area contributed by atoms with E-state index in [1.165, 1.54) is 0 Å². The van der Waals surface area contributed by atoms with Gasteiger partial charge in [0, 0.05) is 25.7 Å². The van der Waals surface area contributed by atoms with E-state index in [-0.39, 0.29) is 84.4 Å². The number of ether oxygens (including phenoxy) is 4. The summed E-state index contributed by atoms with van der Waals surface area (Å²) in [6.45, 7) is 7.35. The highest BCUT2D eigenvalue weighted by Gasteiger charge is 2.21. The molecule has 0 aliphatic rings. The van der Waals surface area contributed by atoms with Crippen LogP contribution < -0.4 is 18.9 Å². The summed E-state index contributed by atoms with van der Waals surface area (Å²) >= 11 is 0. The molecule has 2 unspecified atom stereocenters. The summed E-state index contributed by atoms with van der Waals surface area (Å²) in [5.74, 6) is -0.164. The van der Waals surface area contributed by atoms with Gasteiger partial charge in [0.05, 0.1) is 0 Å². The maximum Gasteiger partial charge on any atom is 0.311 e. The predicted octanol–water partition coefficient (Wildman–Crippen LogP) is 5.73. The number of benzene rings is 2. The first-order chi connectivity index (χ1) is 25.5. The Morgan fingerprint density at radius 1 is 0.444 bits per heavy atom. The quantitative estimate of drug-likeness (QED) is 0.0910. The monoisotopic (exact) mass is 754 g/mol. The van der Waals surface area contributed by atoms with Crippen LogP contribution in [-0.2, 0) is 32.0 Å². The van der Waals surface area contributed by atoms with Gasteiger partial charge in [-0.25, -0.2) is 0 Å². The largest absolute Gasteiger partial charge is 0.423 e. The SMILES string of the molecule is CC(Cc1ccc(OC(=O)CCCN(C)C)c(OC(=O)CCCN(C)C)c1)C(C)Cc1ccc(OC(=O)CCCN(C)C)c(OC(=O)CCCN(C)C)c1. The van der Waals surface area contributed by atoms with Crippen LogP contribution in [0, 0.1) is 11.8 Å². The first-order valence-electron chi connectivity index (χ1n) is 19.2. The van der Waals surface area contributed by atoms with Gasteiger partial charge in [0.15, 0.2) is 23.0 Å². The van der Waals surface area contributed by atoms with Crippen molar-refractivity contribution in [1.29, 1.82) is 0 Å². The lowest BCUT2D eigenvalue weighted by Crippen LogP contribution is -2.18. The molecule has 54 heavy (non-hydrogen) atoms. The van der Waals surface area contributed by atoms with Crippen LogP contribution in [0.5, 0.6) is 23.0 Å². The molecule has 0 saturated heterocycles. The van der Waals surface area contributed by atoms with Crippen molar-refractivity contribution < 1.29 is 38.1 Å². The van der Waals surface area contributed by atoms with Crippen molar-refractivity contribution in [3.63, 3.8) is 0 Å². The van der Waals surface area contributed by atoms with E-state index in [2.05, 4.69) is 13.8 Å². The Morgan fingerprint density at radius 2 is 0.704 bits per heavy atom. The molecule has 0 aromatic heterocycles. The standard InChI is InChI=1S/C42H66N4O8/c1-31(27-33-19-21-35(51-39(47)15-11-23-43(3)4)37(29-33)53-41(49)17-13-25-45(7)8)32(2)28-34-20-22-36(52-40(48)16-12-24-44(5)6)38(30-34)54-42(50)18-14-26-46(9)10/h19-22,29-32H,11-18,23-28H2,1-10H3. The van der Waals surface area contributed by atoms with E-state index in [1.807, 2.05) is 88.1 Å². The second-order valence-electron chi connectivity index (χ2n) is 15.4. The van der Waals surface area contributed by atoms with Gasteiger partial charge in [-0.1, -0.05) is 26.0 Å². The normalized spacial score (nSPS) is 12.6. The molecule has 0 fully saturated rings. The second kappa shape index (κ2) is 24.5. The number of rotatable bonds is 25. The van der Waals surface area contributed by atoms with E-state index < -0.39 is 0 Å². The van der Waals surface area contributed by atoms with E-state index >= 15 is 0 Å². The third kappa shape index (κ3) is 19.5. The maximum absolute atomic E-state index is 12.8. The summed E-state index contributed by atoms with van der Waals surface area (Å²) in [4.78, 5) is 58.9. The van der Waals surface area contributed by atoms with Crippen LogP contribution in [0.15, 0.2) is 36.4 Å². The lowest BCUT2D eigenvalue weighted by Gasteiger charge is -2.21.